The summed E-state index contributed by atoms with van der Waals surface area (Å²) in [5.41, 5.74) is 3.56. The lowest BCUT2D eigenvalue weighted by molar-refractivity contribution is 0.432. The van der Waals surface area contributed by atoms with Gasteiger partial charge in [0.25, 0.3) is 5.89 Å². The summed E-state index contributed by atoms with van der Waals surface area (Å²) in [4.78, 5) is 18.3. The van der Waals surface area contributed by atoms with Crippen LogP contribution in [0.2, 0.25) is 0 Å². The average molecular weight is 281 g/mol. The van der Waals surface area contributed by atoms with Gasteiger partial charge in [0, 0.05) is 17.8 Å². The summed E-state index contributed by atoms with van der Waals surface area (Å²) in [5.74, 6) is 0.941. The molecule has 0 spiro atoms. The second-order valence-electron chi connectivity index (χ2n) is 4.87. The highest BCUT2D eigenvalue weighted by atomic mass is 16.5. The molecule has 0 aliphatic heterocycles. The zero-order valence-corrected chi connectivity index (χ0v) is 11.9. The lowest BCUT2D eigenvalue weighted by atomic mass is 10.1. The standard InChI is InChI=1S/C16H15N3O2/c1-3-11-4-6-12(7-5-11)15-18-16(21-19-15)13-9-17-14(20)8-10(13)2/h4-9H,3H2,1-2H3,(H,17,20). The van der Waals surface area contributed by atoms with Crippen molar-refractivity contribution in [3.05, 3.63) is 58.0 Å². The van der Waals surface area contributed by atoms with Gasteiger partial charge in [0.05, 0.1) is 5.56 Å². The number of pyridine rings is 1. The topological polar surface area (TPSA) is 71.8 Å². The van der Waals surface area contributed by atoms with Gasteiger partial charge in [0.2, 0.25) is 11.4 Å². The van der Waals surface area contributed by atoms with Crippen molar-refractivity contribution < 1.29 is 4.52 Å². The summed E-state index contributed by atoms with van der Waals surface area (Å²) < 4.78 is 5.30. The molecule has 1 N–H and O–H groups in total. The van der Waals surface area contributed by atoms with Crippen LogP contribution in [0.15, 0.2) is 45.8 Å². The van der Waals surface area contributed by atoms with E-state index in [0.717, 1.165) is 23.1 Å². The van der Waals surface area contributed by atoms with Crippen molar-refractivity contribution in [2.75, 3.05) is 0 Å². The Morgan fingerprint density at radius 2 is 2.00 bits per heavy atom. The Morgan fingerprint density at radius 1 is 1.24 bits per heavy atom. The van der Waals surface area contributed by atoms with Crippen LogP contribution >= 0.6 is 0 Å². The minimum atomic E-state index is -0.147. The van der Waals surface area contributed by atoms with E-state index in [4.69, 9.17) is 4.52 Å². The molecule has 2 aromatic heterocycles. The first-order chi connectivity index (χ1) is 10.2. The molecule has 2 heterocycles. The number of nitrogens with zero attached hydrogens (tertiary/aromatic N) is 2. The van der Waals surface area contributed by atoms with Gasteiger partial charge in [-0.05, 0) is 24.5 Å². The normalized spacial score (nSPS) is 10.8. The van der Waals surface area contributed by atoms with Gasteiger partial charge in [-0.2, -0.15) is 4.98 Å². The molecule has 0 radical (unpaired) electrons. The van der Waals surface area contributed by atoms with Crippen LogP contribution in [0.1, 0.15) is 18.1 Å². The van der Waals surface area contributed by atoms with E-state index in [1.807, 2.05) is 19.1 Å². The molecule has 5 nitrogen and oxygen atoms in total. The molecule has 5 heteroatoms. The van der Waals surface area contributed by atoms with Crippen molar-refractivity contribution in [3.8, 4) is 22.8 Å². The van der Waals surface area contributed by atoms with Crippen molar-refractivity contribution in [2.45, 2.75) is 20.3 Å². The summed E-state index contributed by atoms with van der Waals surface area (Å²) in [5, 5.41) is 4.00. The fraction of sp³-hybridized carbons (Fsp3) is 0.188. The van der Waals surface area contributed by atoms with Gasteiger partial charge in [-0.25, -0.2) is 0 Å². The first kappa shape index (κ1) is 13.3. The smallest absolute Gasteiger partial charge is 0.259 e. The molecule has 3 aromatic rings. The predicted octanol–water partition coefficient (Wildman–Crippen LogP) is 2.96. The molecule has 0 atom stereocenters. The highest BCUT2D eigenvalue weighted by Gasteiger charge is 2.12. The monoisotopic (exact) mass is 281 g/mol. The number of H-pyrrole nitrogens is 1. The molecule has 3 rings (SSSR count). The third-order valence-electron chi connectivity index (χ3n) is 3.41. The number of aromatic nitrogens is 3. The van der Waals surface area contributed by atoms with E-state index in [1.165, 1.54) is 11.6 Å². The molecule has 0 aliphatic rings. The van der Waals surface area contributed by atoms with E-state index in [1.54, 1.807) is 6.20 Å². The van der Waals surface area contributed by atoms with Crippen LogP contribution in [0.3, 0.4) is 0 Å². The lowest BCUT2D eigenvalue weighted by Gasteiger charge is -1.98. The summed E-state index contributed by atoms with van der Waals surface area (Å²) >= 11 is 0. The first-order valence-corrected chi connectivity index (χ1v) is 6.80. The molecular weight excluding hydrogens is 266 g/mol. The van der Waals surface area contributed by atoms with Gasteiger partial charge in [-0.15, -0.1) is 0 Å². The van der Waals surface area contributed by atoms with Crippen LogP contribution in [-0.2, 0) is 6.42 Å². The Hall–Kier alpha value is -2.69. The summed E-state index contributed by atoms with van der Waals surface area (Å²) in [6.07, 6.45) is 2.59. The van der Waals surface area contributed by atoms with E-state index in [0.29, 0.717) is 11.7 Å². The molecule has 0 amide bonds. The first-order valence-electron chi connectivity index (χ1n) is 6.80. The molecule has 1 aromatic carbocycles. The number of benzene rings is 1. The number of hydrogen-bond donors (Lipinski definition) is 1. The largest absolute Gasteiger partial charge is 0.334 e. The van der Waals surface area contributed by atoms with Crippen LogP contribution in [0, 0.1) is 6.92 Å². The number of nitrogens with one attached hydrogen (secondary N) is 1. The SMILES string of the molecule is CCc1ccc(-c2noc(-c3c[nH]c(=O)cc3C)n2)cc1. The Bertz CT molecular complexity index is 816. The fourth-order valence-corrected chi connectivity index (χ4v) is 2.14. The predicted molar refractivity (Wildman–Crippen MR) is 79.9 cm³/mol. The van der Waals surface area contributed by atoms with Gasteiger partial charge < -0.3 is 9.51 Å². The van der Waals surface area contributed by atoms with Crippen LogP contribution in [0.25, 0.3) is 22.8 Å². The van der Waals surface area contributed by atoms with E-state index in [-0.39, 0.29) is 5.56 Å². The zero-order chi connectivity index (χ0) is 14.8. The maximum Gasteiger partial charge on any atom is 0.259 e. The van der Waals surface area contributed by atoms with Gasteiger partial charge in [-0.3, -0.25) is 4.79 Å². The molecular formula is C16H15N3O2. The highest BCUT2D eigenvalue weighted by molar-refractivity contribution is 5.61. The Balaban J connectivity index is 1.97. The number of aromatic amines is 1. The van der Waals surface area contributed by atoms with Gasteiger partial charge in [-0.1, -0.05) is 36.3 Å². The minimum Gasteiger partial charge on any atom is -0.334 e. The average Bonchev–Trinajstić information content (AvgIpc) is 2.97. The molecule has 0 saturated heterocycles. The Morgan fingerprint density at radius 3 is 2.67 bits per heavy atom. The van der Waals surface area contributed by atoms with Crippen LogP contribution in [0.4, 0.5) is 0 Å². The summed E-state index contributed by atoms with van der Waals surface area (Å²) in [6, 6.07) is 9.57. The van der Waals surface area contributed by atoms with Gasteiger partial charge >= 0.3 is 0 Å². The summed E-state index contributed by atoms with van der Waals surface area (Å²) in [7, 11) is 0. The summed E-state index contributed by atoms with van der Waals surface area (Å²) in [6.45, 7) is 3.95. The van der Waals surface area contributed by atoms with Crippen molar-refractivity contribution in [3.63, 3.8) is 0 Å². The number of hydrogen-bond acceptors (Lipinski definition) is 4. The van der Waals surface area contributed by atoms with Crippen LogP contribution < -0.4 is 5.56 Å². The van der Waals surface area contributed by atoms with Crippen molar-refractivity contribution in [1.29, 1.82) is 0 Å². The van der Waals surface area contributed by atoms with E-state index in [2.05, 4.69) is 34.2 Å². The third-order valence-corrected chi connectivity index (χ3v) is 3.41. The fourth-order valence-electron chi connectivity index (χ4n) is 2.14. The van der Waals surface area contributed by atoms with Crippen LogP contribution in [0.5, 0.6) is 0 Å². The minimum absolute atomic E-state index is 0.147. The maximum absolute atomic E-state index is 11.2. The second-order valence-corrected chi connectivity index (χ2v) is 4.87. The third kappa shape index (κ3) is 2.63. The number of rotatable bonds is 3. The molecule has 106 valence electrons. The Labute approximate surface area is 121 Å². The van der Waals surface area contributed by atoms with E-state index < -0.39 is 0 Å². The zero-order valence-electron chi connectivity index (χ0n) is 11.9. The molecule has 0 unspecified atom stereocenters. The molecule has 0 fully saturated rings. The molecule has 0 aliphatic carbocycles. The van der Waals surface area contributed by atoms with Gasteiger partial charge in [0.15, 0.2) is 0 Å². The maximum atomic E-state index is 11.2. The quantitative estimate of drug-likeness (QED) is 0.801. The van der Waals surface area contributed by atoms with Crippen molar-refractivity contribution >= 4 is 0 Å². The lowest BCUT2D eigenvalue weighted by Crippen LogP contribution is -2.04. The molecule has 0 bridgehead atoms. The number of aryl methyl sites for hydroxylation is 2. The van der Waals surface area contributed by atoms with Crippen molar-refractivity contribution in [2.24, 2.45) is 0 Å². The van der Waals surface area contributed by atoms with Gasteiger partial charge in [0.1, 0.15) is 0 Å². The highest BCUT2D eigenvalue weighted by Crippen LogP contribution is 2.23. The van der Waals surface area contributed by atoms with Crippen LogP contribution in [-0.4, -0.2) is 15.1 Å². The Kier molecular flexibility index (Phi) is 3.39. The second kappa shape index (κ2) is 5.36. The molecule has 21 heavy (non-hydrogen) atoms. The van der Waals surface area contributed by atoms with E-state index in [9.17, 15) is 4.79 Å². The van der Waals surface area contributed by atoms with Crippen molar-refractivity contribution in [1.82, 2.24) is 15.1 Å². The molecule has 0 saturated carbocycles. The van der Waals surface area contributed by atoms with E-state index >= 15 is 0 Å².